The molecule has 1 aromatic heterocycles. The molecule has 2 aromatic rings. The maximum absolute atomic E-state index is 9.84. The highest BCUT2D eigenvalue weighted by Crippen LogP contribution is 2.20. The van der Waals surface area contributed by atoms with Gasteiger partial charge in [-0.2, -0.15) is 0 Å². The molecule has 2 heteroatoms. The molecule has 0 saturated carbocycles. The summed E-state index contributed by atoms with van der Waals surface area (Å²) in [5.74, 6) is 0.304. The third-order valence-corrected chi connectivity index (χ3v) is 2.87. The van der Waals surface area contributed by atoms with Crippen molar-refractivity contribution in [1.29, 1.82) is 0 Å². The molecule has 0 amide bonds. The number of rotatable bonds is 3. The molecule has 1 aromatic carbocycles. The SMILES string of the molecule is CC(C)C(O)Cc1c[nH]c2ccccc12. The summed E-state index contributed by atoms with van der Waals surface area (Å²) in [6.07, 6.45) is 2.46. The van der Waals surface area contributed by atoms with Crippen molar-refractivity contribution in [1.82, 2.24) is 4.98 Å². The van der Waals surface area contributed by atoms with E-state index in [0.717, 1.165) is 11.9 Å². The molecule has 0 bridgehead atoms. The molecule has 0 saturated heterocycles. The lowest BCUT2D eigenvalue weighted by molar-refractivity contribution is 0.126. The first-order valence-electron chi connectivity index (χ1n) is 5.41. The van der Waals surface area contributed by atoms with Crippen LogP contribution in [0.15, 0.2) is 30.5 Å². The lowest BCUT2D eigenvalue weighted by Crippen LogP contribution is -2.17. The summed E-state index contributed by atoms with van der Waals surface area (Å²) in [7, 11) is 0. The van der Waals surface area contributed by atoms with Crippen LogP contribution < -0.4 is 0 Å². The van der Waals surface area contributed by atoms with Gasteiger partial charge in [-0.3, -0.25) is 0 Å². The molecular formula is C13H17NO. The quantitative estimate of drug-likeness (QED) is 0.790. The summed E-state index contributed by atoms with van der Waals surface area (Å²) in [5.41, 5.74) is 2.34. The Balaban J connectivity index is 2.29. The summed E-state index contributed by atoms with van der Waals surface area (Å²) >= 11 is 0. The second-order valence-corrected chi connectivity index (χ2v) is 4.37. The molecule has 0 aliphatic rings. The van der Waals surface area contributed by atoms with E-state index < -0.39 is 0 Å². The zero-order valence-corrected chi connectivity index (χ0v) is 9.20. The fourth-order valence-electron chi connectivity index (χ4n) is 1.76. The number of aromatic nitrogens is 1. The van der Waals surface area contributed by atoms with Crippen molar-refractivity contribution in [3.05, 3.63) is 36.0 Å². The monoisotopic (exact) mass is 203 g/mol. The van der Waals surface area contributed by atoms with Crippen LogP contribution in [-0.2, 0) is 6.42 Å². The number of hydrogen-bond acceptors (Lipinski definition) is 1. The Hall–Kier alpha value is -1.28. The topological polar surface area (TPSA) is 36.0 Å². The molecule has 0 aliphatic heterocycles. The third kappa shape index (κ3) is 2.05. The van der Waals surface area contributed by atoms with Crippen molar-refractivity contribution >= 4 is 10.9 Å². The van der Waals surface area contributed by atoms with Gasteiger partial charge in [0.2, 0.25) is 0 Å². The van der Waals surface area contributed by atoms with E-state index in [1.54, 1.807) is 0 Å². The van der Waals surface area contributed by atoms with Gasteiger partial charge in [-0.1, -0.05) is 32.0 Å². The number of nitrogens with one attached hydrogen (secondary N) is 1. The van der Waals surface area contributed by atoms with E-state index >= 15 is 0 Å². The number of aliphatic hydroxyl groups is 1. The second-order valence-electron chi connectivity index (χ2n) is 4.37. The molecule has 80 valence electrons. The highest BCUT2D eigenvalue weighted by molar-refractivity contribution is 5.83. The number of fused-ring (bicyclic) bond motifs is 1. The predicted molar refractivity (Wildman–Crippen MR) is 62.8 cm³/mol. The zero-order valence-electron chi connectivity index (χ0n) is 9.20. The molecular weight excluding hydrogens is 186 g/mol. The third-order valence-electron chi connectivity index (χ3n) is 2.87. The number of para-hydroxylation sites is 1. The molecule has 1 unspecified atom stereocenters. The number of aromatic amines is 1. The Morgan fingerprint density at radius 3 is 2.73 bits per heavy atom. The first kappa shape index (κ1) is 10.2. The number of aliphatic hydroxyl groups excluding tert-OH is 1. The van der Waals surface area contributed by atoms with Gasteiger partial charge in [0.05, 0.1) is 6.10 Å². The summed E-state index contributed by atoms with van der Waals surface area (Å²) in [4.78, 5) is 3.22. The Labute approximate surface area is 89.9 Å². The first-order chi connectivity index (χ1) is 7.18. The predicted octanol–water partition coefficient (Wildman–Crippen LogP) is 2.73. The molecule has 15 heavy (non-hydrogen) atoms. The van der Waals surface area contributed by atoms with Gasteiger partial charge in [-0.05, 0) is 17.5 Å². The lowest BCUT2D eigenvalue weighted by atomic mass is 9.99. The van der Waals surface area contributed by atoms with E-state index in [9.17, 15) is 5.11 Å². The maximum Gasteiger partial charge on any atom is 0.0604 e. The van der Waals surface area contributed by atoms with Crippen LogP contribution in [0.4, 0.5) is 0 Å². The van der Waals surface area contributed by atoms with E-state index in [4.69, 9.17) is 0 Å². The minimum atomic E-state index is -0.260. The molecule has 0 spiro atoms. The van der Waals surface area contributed by atoms with E-state index in [1.807, 2.05) is 32.2 Å². The van der Waals surface area contributed by atoms with Crippen LogP contribution in [-0.4, -0.2) is 16.2 Å². The highest BCUT2D eigenvalue weighted by Gasteiger charge is 2.12. The van der Waals surface area contributed by atoms with Crippen molar-refractivity contribution < 1.29 is 5.11 Å². The van der Waals surface area contributed by atoms with Crippen molar-refractivity contribution in [3.63, 3.8) is 0 Å². The van der Waals surface area contributed by atoms with Gasteiger partial charge in [0.25, 0.3) is 0 Å². The molecule has 0 fully saturated rings. The minimum Gasteiger partial charge on any atom is -0.393 e. The Morgan fingerprint density at radius 1 is 1.27 bits per heavy atom. The van der Waals surface area contributed by atoms with Crippen molar-refractivity contribution in [2.24, 2.45) is 5.92 Å². The van der Waals surface area contributed by atoms with Gasteiger partial charge >= 0.3 is 0 Å². The van der Waals surface area contributed by atoms with Crippen LogP contribution in [0.25, 0.3) is 10.9 Å². The van der Waals surface area contributed by atoms with Gasteiger partial charge in [0.1, 0.15) is 0 Å². The van der Waals surface area contributed by atoms with E-state index in [-0.39, 0.29) is 6.10 Å². The molecule has 0 aliphatic carbocycles. The second kappa shape index (κ2) is 4.07. The van der Waals surface area contributed by atoms with Crippen molar-refractivity contribution in [2.75, 3.05) is 0 Å². The average Bonchev–Trinajstić information content (AvgIpc) is 2.62. The van der Waals surface area contributed by atoms with Crippen LogP contribution in [0.5, 0.6) is 0 Å². The van der Waals surface area contributed by atoms with E-state index in [2.05, 4.69) is 17.1 Å². The van der Waals surface area contributed by atoms with Crippen LogP contribution in [0.3, 0.4) is 0 Å². The molecule has 1 atom stereocenters. The minimum absolute atomic E-state index is 0.260. The Morgan fingerprint density at radius 2 is 2.00 bits per heavy atom. The van der Waals surface area contributed by atoms with E-state index in [0.29, 0.717) is 5.92 Å². The number of benzene rings is 1. The maximum atomic E-state index is 9.84. The van der Waals surface area contributed by atoms with Crippen LogP contribution in [0.2, 0.25) is 0 Å². The number of H-pyrrole nitrogens is 1. The van der Waals surface area contributed by atoms with Gasteiger partial charge < -0.3 is 10.1 Å². The largest absolute Gasteiger partial charge is 0.393 e. The van der Waals surface area contributed by atoms with Gasteiger partial charge in [0, 0.05) is 23.5 Å². The van der Waals surface area contributed by atoms with Gasteiger partial charge in [0.15, 0.2) is 0 Å². The zero-order chi connectivity index (χ0) is 10.8. The molecule has 1 heterocycles. The fourth-order valence-corrected chi connectivity index (χ4v) is 1.76. The fraction of sp³-hybridized carbons (Fsp3) is 0.385. The summed E-state index contributed by atoms with van der Waals surface area (Å²) in [6, 6.07) is 8.19. The Kier molecular flexibility index (Phi) is 2.78. The molecule has 2 rings (SSSR count). The van der Waals surface area contributed by atoms with Crippen LogP contribution in [0, 0.1) is 5.92 Å². The van der Waals surface area contributed by atoms with Crippen LogP contribution in [0.1, 0.15) is 19.4 Å². The van der Waals surface area contributed by atoms with Gasteiger partial charge in [-0.25, -0.2) is 0 Å². The average molecular weight is 203 g/mol. The van der Waals surface area contributed by atoms with Crippen LogP contribution >= 0.6 is 0 Å². The summed E-state index contributed by atoms with van der Waals surface area (Å²) in [5, 5.41) is 11.1. The standard InChI is InChI=1S/C13H17NO/c1-9(2)13(15)7-10-8-14-12-6-4-3-5-11(10)12/h3-6,8-9,13-15H,7H2,1-2H3. The highest BCUT2D eigenvalue weighted by atomic mass is 16.3. The smallest absolute Gasteiger partial charge is 0.0604 e. The van der Waals surface area contributed by atoms with E-state index in [1.165, 1.54) is 10.9 Å². The molecule has 2 N–H and O–H groups in total. The normalized spacial score (nSPS) is 13.6. The Bertz CT molecular complexity index is 444. The van der Waals surface area contributed by atoms with Crippen molar-refractivity contribution in [2.45, 2.75) is 26.4 Å². The molecule has 2 nitrogen and oxygen atoms in total. The molecule has 0 radical (unpaired) electrons. The lowest BCUT2D eigenvalue weighted by Gasteiger charge is -2.13. The summed E-state index contributed by atoms with van der Waals surface area (Å²) < 4.78 is 0. The summed E-state index contributed by atoms with van der Waals surface area (Å²) in [6.45, 7) is 4.08. The number of hydrogen-bond donors (Lipinski definition) is 2. The van der Waals surface area contributed by atoms with Gasteiger partial charge in [-0.15, -0.1) is 0 Å². The first-order valence-corrected chi connectivity index (χ1v) is 5.41. The van der Waals surface area contributed by atoms with Crippen molar-refractivity contribution in [3.8, 4) is 0 Å².